The molecule has 0 amide bonds. The lowest BCUT2D eigenvalue weighted by atomic mass is 10.1. The number of nitrogens with one attached hydrogen (secondary N) is 1. The van der Waals surface area contributed by atoms with Crippen molar-refractivity contribution in [1.82, 2.24) is 5.32 Å². The van der Waals surface area contributed by atoms with Crippen molar-refractivity contribution in [3.63, 3.8) is 0 Å². The molecule has 0 aliphatic carbocycles. The summed E-state index contributed by atoms with van der Waals surface area (Å²) >= 11 is 0. The van der Waals surface area contributed by atoms with Gasteiger partial charge in [-0.1, -0.05) is 24.3 Å². The van der Waals surface area contributed by atoms with Crippen LogP contribution in [0.3, 0.4) is 0 Å². The number of hydrogen-bond donors (Lipinski definition) is 1. The summed E-state index contributed by atoms with van der Waals surface area (Å²) in [7, 11) is 1.65. The van der Waals surface area contributed by atoms with Gasteiger partial charge in [-0.3, -0.25) is 0 Å². The Kier molecular flexibility index (Phi) is 5.42. The fourth-order valence-corrected chi connectivity index (χ4v) is 2.25. The number of halogens is 2. The zero-order chi connectivity index (χ0) is 15.2. The molecule has 0 bridgehead atoms. The molecule has 0 spiro atoms. The topological polar surface area (TPSA) is 21.3 Å². The predicted molar refractivity (Wildman–Crippen MR) is 78.8 cm³/mol. The lowest BCUT2D eigenvalue weighted by Crippen LogP contribution is -2.20. The van der Waals surface area contributed by atoms with E-state index < -0.39 is 11.6 Å². The van der Waals surface area contributed by atoms with Crippen LogP contribution in [0, 0.1) is 11.6 Å². The highest BCUT2D eigenvalue weighted by Crippen LogP contribution is 2.19. The van der Waals surface area contributed by atoms with E-state index in [-0.39, 0.29) is 6.04 Å². The van der Waals surface area contributed by atoms with E-state index in [1.807, 2.05) is 31.2 Å². The molecule has 0 saturated heterocycles. The van der Waals surface area contributed by atoms with Crippen LogP contribution in [0.1, 0.15) is 29.7 Å². The SMILES string of the molecule is COCc1ccccc1CNC(C)c1cc(F)ccc1F. The van der Waals surface area contributed by atoms with E-state index in [2.05, 4.69) is 5.32 Å². The third-order valence-electron chi connectivity index (χ3n) is 3.44. The van der Waals surface area contributed by atoms with Crippen LogP contribution >= 0.6 is 0 Å². The number of methoxy groups -OCH3 is 1. The zero-order valence-corrected chi connectivity index (χ0v) is 12.2. The second-order valence-electron chi connectivity index (χ2n) is 4.97. The maximum Gasteiger partial charge on any atom is 0.128 e. The summed E-state index contributed by atoms with van der Waals surface area (Å²) in [6.45, 7) is 2.91. The lowest BCUT2D eigenvalue weighted by Gasteiger charge is -2.17. The van der Waals surface area contributed by atoms with Gasteiger partial charge in [0.1, 0.15) is 11.6 Å². The Morgan fingerprint density at radius 2 is 1.81 bits per heavy atom. The van der Waals surface area contributed by atoms with Crippen LogP contribution in [0.25, 0.3) is 0 Å². The molecule has 0 heterocycles. The molecule has 1 N–H and O–H groups in total. The smallest absolute Gasteiger partial charge is 0.128 e. The molecule has 2 aromatic carbocycles. The monoisotopic (exact) mass is 291 g/mol. The summed E-state index contributed by atoms with van der Waals surface area (Å²) in [6.07, 6.45) is 0. The van der Waals surface area contributed by atoms with Gasteiger partial charge in [-0.05, 0) is 36.2 Å². The van der Waals surface area contributed by atoms with Crippen LogP contribution < -0.4 is 5.32 Å². The molecular weight excluding hydrogens is 272 g/mol. The maximum atomic E-state index is 13.7. The normalized spacial score (nSPS) is 12.4. The molecule has 0 saturated carbocycles. The van der Waals surface area contributed by atoms with Gasteiger partial charge >= 0.3 is 0 Å². The van der Waals surface area contributed by atoms with E-state index in [9.17, 15) is 8.78 Å². The van der Waals surface area contributed by atoms with Crippen LogP contribution in [-0.2, 0) is 17.9 Å². The average Bonchev–Trinajstić information content (AvgIpc) is 2.49. The van der Waals surface area contributed by atoms with Gasteiger partial charge in [0, 0.05) is 25.3 Å². The van der Waals surface area contributed by atoms with Gasteiger partial charge in [0.15, 0.2) is 0 Å². The molecule has 0 aliphatic rings. The van der Waals surface area contributed by atoms with Gasteiger partial charge in [-0.25, -0.2) is 8.78 Å². The standard InChI is InChI=1S/C17H19F2NO/c1-12(16-9-15(18)7-8-17(16)19)20-10-13-5-3-4-6-14(13)11-21-2/h3-9,12,20H,10-11H2,1-2H3. The molecule has 1 atom stereocenters. The molecule has 0 fully saturated rings. The highest BCUT2D eigenvalue weighted by molar-refractivity contribution is 5.27. The van der Waals surface area contributed by atoms with Crippen molar-refractivity contribution >= 4 is 0 Å². The molecule has 112 valence electrons. The first kappa shape index (κ1) is 15.6. The van der Waals surface area contributed by atoms with Crippen molar-refractivity contribution in [3.8, 4) is 0 Å². The molecule has 1 unspecified atom stereocenters. The van der Waals surface area contributed by atoms with E-state index in [1.54, 1.807) is 7.11 Å². The van der Waals surface area contributed by atoms with E-state index in [0.29, 0.717) is 18.7 Å². The van der Waals surface area contributed by atoms with Gasteiger partial charge < -0.3 is 10.1 Å². The summed E-state index contributed by atoms with van der Waals surface area (Å²) in [5.74, 6) is -0.832. The molecule has 2 aromatic rings. The Balaban J connectivity index is 2.07. The van der Waals surface area contributed by atoms with Crippen LogP contribution in [0.4, 0.5) is 8.78 Å². The summed E-state index contributed by atoms with van der Waals surface area (Å²) in [5, 5.41) is 3.22. The molecule has 0 aliphatic heterocycles. The molecule has 4 heteroatoms. The van der Waals surface area contributed by atoms with E-state index >= 15 is 0 Å². The fraction of sp³-hybridized carbons (Fsp3) is 0.294. The minimum Gasteiger partial charge on any atom is -0.380 e. The molecule has 21 heavy (non-hydrogen) atoms. The van der Waals surface area contributed by atoms with Crippen LogP contribution in [-0.4, -0.2) is 7.11 Å². The Morgan fingerprint density at radius 3 is 2.52 bits per heavy atom. The van der Waals surface area contributed by atoms with Crippen molar-refractivity contribution in [3.05, 3.63) is 70.8 Å². The quantitative estimate of drug-likeness (QED) is 0.869. The Hall–Kier alpha value is -1.78. The van der Waals surface area contributed by atoms with Crippen LogP contribution in [0.15, 0.2) is 42.5 Å². The first-order chi connectivity index (χ1) is 10.1. The third kappa shape index (κ3) is 4.09. The molecular formula is C17H19F2NO. The van der Waals surface area contributed by atoms with Crippen LogP contribution in [0.5, 0.6) is 0 Å². The van der Waals surface area contributed by atoms with E-state index in [4.69, 9.17) is 4.74 Å². The predicted octanol–water partition coefficient (Wildman–Crippen LogP) is 3.96. The van der Waals surface area contributed by atoms with Gasteiger partial charge in [0.05, 0.1) is 6.61 Å². The Labute approximate surface area is 123 Å². The molecule has 0 radical (unpaired) electrons. The van der Waals surface area contributed by atoms with Crippen molar-refractivity contribution < 1.29 is 13.5 Å². The highest BCUT2D eigenvalue weighted by Gasteiger charge is 2.12. The molecule has 2 nitrogen and oxygen atoms in total. The summed E-state index contributed by atoms with van der Waals surface area (Å²) in [6, 6.07) is 11.1. The fourth-order valence-electron chi connectivity index (χ4n) is 2.25. The number of ether oxygens (including phenoxy) is 1. The summed E-state index contributed by atoms with van der Waals surface area (Å²) in [4.78, 5) is 0. The van der Waals surface area contributed by atoms with Gasteiger partial charge in [0.25, 0.3) is 0 Å². The van der Waals surface area contributed by atoms with E-state index in [0.717, 1.165) is 23.3 Å². The molecule has 2 rings (SSSR count). The molecule has 0 aromatic heterocycles. The first-order valence-electron chi connectivity index (χ1n) is 6.86. The second-order valence-corrected chi connectivity index (χ2v) is 4.97. The van der Waals surface area contributed by atoms with Crippen molar-refractivity contribution in [2.24, 2.45) is 0 Å². The minimum absolute atomic E-state index is 0.281. The first-order valence-corrected chi connectivity index (χ1v) is 6.86. The Morgan fingerprint density at radius 1 is 1.10 bits per heavy atom. The van der Waals surface area contributed by atoms with E-state index in [1.165, 1.54) is 6.07 Å². The van der Waals surface area contributed by atoms with Crippen molar-refractivity contribution in [1.29, 1.82) is 0 Å². The zero-order valence-electron chi connectivity index (χ0n) is 12.2. The number of rotatable bonds is 6. The largest absolute Gasteiger partial charge is 0.380 e. The maximum absolute atomic E-state index is 13.7. The van der Waals surface area contributed by atoms with Crippen LogP contribution in [0.2, 0.25) is 0 Å². The Bertz CT molecular complexity index is 601. The average molecular weight is 291 g/mol. The van der Waals surface area contributed by atoms with Gasteiger partial charge in [0.2, 0.25) is 0 Å². The highest BCUT2D eigenvalue weighted by atomic mass is 19.1. The summed E-state index contributed by atoms with van der Waals surface area (Å²) in [5.41, 5.74) is 2.50. The minimum atomic E-state index is -0.431. The summed E-state index contributed by atoms with van der Waals surface area (Å²) < 4.78 is 32.1. The van der Waals surface area contributed by atoms with Crippen molar-refractivity contribution in [2.45, 2.75) is 26.1 Å². The van der Waals surface area contributed by atoms with Gasteiger partial charge in [-0.2, -0.15) is 0 Å². The third-order valence-corrected chi connectivity index (χ3v) is 3.44. The second kappa shape index (κ2) is 7.29. The number of hydrogen-bond acceptors (Lipinski definition) is 2. The lowest BCUT2D eigenvalue weighted by molar-refractivity contribution is 0.184. The van der Waals surface area contributed by atoms with Crippen molar-refractivity contribution in [2.75, 3.05) is 7.11 Å². The van der Waals surface area contributed by atoms with Gasteiger partial charge in [-0.15, -0.1) is 0 Å². The number of benzene rings is 2.